The number of carbonyl (C=O) groups is 1. The van der Waals surface area contributed by atoms with Crippen LogP contribution in [0.3, 0.4) is 0 Å². The Morgan fingerprint density at radius 2 is 1.71 bits per heavy atom. The SMILES string of the molecule is O=C(/C=C/c1c(Cl)cccc1Cl)N1CCN(Cc2ccc3c(c2)OCO3)CC1. The first-order valence-electron chi connectivity index (χ1n) is 9.12. The number of fused-ring (bicyclic) bond motifs is 1. The lowest BCUT2D eigenvalue weighted by molar-refractivity contribution is -0.127. The van der Waals surface area contributed by atoms with Crippen molar-refractivity contribution in [1.29, 1.82) is 0 Å². The van der Waals surface area contributed by atoms with Crippen molar-refractivity contribution in [2.75, 3.05) is 33.0 Å². The zero-order chi connectivity index (χ0) is 19.5. The van der Waals surface area contributed by atoms with Crippen LogP contribution in [0, 0.1) is 0 Å². The normalized spacial score (nSPS) is 16.7. The van der Waals surface area contributed by atoms with Crippen molar-refractivity contribution in [1.82, 2.24) is 9.80 Å². The maximum Gasteiger partial charge on any atom is 0.246 e. The quantitative estimate of drug-likeness (QED) is 0.701. The van der Waals surface area contributed by atoms with Crippen molar-refractivity contribution in [2.45, 2.75) is 6.54 Å². The molecule has 5 nitrogen and oxygen atoms in total. The average molecular weight is 419 g/mol. The maximum absolute atomic E-state index is 12.5. The molecule has 1 fully saturated rings. The lowest BCUT2D eigenvalue weighted by Crippen LogP contribution is -2.47. The van der Waals surface area contributed by atoms with Crippen LogP contribution in [0.15, 0.2) is 42.5 Å². The molecular weight excluding hydrogens is 399 g/mol. The van der Waals surface area contributed by atoms with Crippen molar-refractivity contribution in [3.05, 3.63) is 63.6 Å². The molecule has 0 unspecified atom stereocenters. The Labute approximate surface area is 174 Å². The smallest absolute Gasteiger partial charge is 0.246 e. The van der Waals surface area contributed by atoms with E-state index in [1.165, 1.54) is 5.56 Å². The van der Waals surface area contributed by atoms with Gasteiger partial charge in [0.25, 0.3) is 0 Å². The molecule has 2 heterocycles. The molecule has 0 aromatic heterocycles. The topological polar surface area (TPSA) is 42.0 Å². The Bertz CT molecular complexity index is 888. The molecule has 0 N–H and O–H groups in total. The number of nitrogens with zero attached hydrogens (tertiary/aromatic N) is 2. The molecule has 2 aromatic carbocycles. The van der Waals surface area contributed by atoms with Crippen LogP contribution in [0.25, 0.3) is 6.08 Å². The van der Waals surface area contributed by atoms with Crippen molar-refractivity contribution in [3.63, 3.8) is 0 Å². The lowest BCUT2D eigenvalue weighted by atomic mass is 10.1. The third-order valence-electron chi connectivity index (χ3n) is 4.92. The van der Waals surface area contributed by atoms with E-state index in [2.05, 4.69) is 11.0 Å². The van der Waals surface area contributed by atoms with Crippen LogP contribution in [0.1, 0.15) is 11.1 Å². The summed E-state index contributed by atoms with van der Waals surface area (Å²) in [4.78, 5) is 16.7. The van der Waals surface area contributed by atoms with Gasteiger partial charge in [-0.25, -0.2) is 0 Å². The van der Waals surface area contributed by atoms with Crippen LogP contribution in [0.4, 0.5) is 0 Å². The van der Waals surface area contributed by atoms with E-state index in [0.29, 0.717) is 28.7 Å². The van der Waals surface area contributed by atoms with E-state index in [1.54, 1.807) is 30.4 Å². The van der Waals surface area contributed by atoms with E-state index in [4.69, 9.17) is 32.7 Å². The van der Waals surface area contributed by atoms with Gasteiger partial charge in [-0.1, -0.05) is 35.3 Å². The first-order chi connectivity index (χ1) is 13.6. The number of hydrogen-bond donors (Lipinski definition) is 0. The van der Waals surface area contributed by atoms with Crippen LogP contribution < -0.4 is 9.47 Å². The predicted octanol–water partition coefficient (Wildman–Crippen LogP) is 4.08. The molecular formula is C21H20Cl2N2O3. The number of amides is 1. The number of piperazine rings is 1. The van der Waals surface area contributed by atoms with Gasteiger partial charge in [-0.05, 0) is 35.9 Å². The average Bonchev–Trinajstić information content (AvgIpc) is 3.16. The molecule has 2 aromatic rings. The summed E-state index contributed by atoms with van der Waals surface area (Å²) in [7, 11) is 0. The second kappa shape index (κ2) is 8.43. The molecule has 0 bridgehead atoms. The molecule has 7 heteroatoms. The molecule has 2 aliphatic rings. The second-order valence-electron chi connectivity index (χ2n) is 6.76. The lowest BCUT2D eigenvalue weighted by Gasteiger charge is -2.34. The molecule has 0 saturated carbocycles. The fourth-order valence-corrected chi connectivity index (χ4v) is 3.88. The minimum absolute atomic E-state index is 0.0290. The summed E-state index contributed by atoms with van der Waals surface area (Å²) in [5.74, 6) is 1.57. The molecule has 1 amide bonds. The predicted molar refractivity (Wildman–Crippen MR) is 110 cm³/mol. The van der Waals surface area contributed by atoms with Gasteiger partial charge >= 0.3 is 0 Å². The molecule has 0 spiro atoms. The van der Waals surface area contributed by atoms with E-state index < -0.39 is 0 Å². The van der Waals surface area contributed by atoms with Crippen molar-refractivity contribution in [2.24, 2.45) is 0 Å². The largest absolute Gasteiger partial charge is 0.454 e. The zero-order valence-corrected chi connectivity index (χ0v) is 16.7. The summed E-state index contributed by atoms with van der Waals surface area (Å²) in [6.07, 6.45) is 3.23. The molecule has 28 heavy (non-hydrogen) atoms. The first kappa shape index (κ1) is 19.1. The van der Waals surface area contributed by atoms with Crippen molar-refractivity contribution in [3.8, 4) is 11.5 Å². The standard InChI is InChI=1S/C21H20Cl2N2O3/c22-17-2-1-3-18(23)16(17)5-7-21(26)25-10-8-24(9-11-25)13-15-4-6-19-20(12-15)28-14-27-19/h1-7,12H,8-11,13-14H2/b7-5+. The van der Waals surface area contributed by atoms with Gasteiger partial charge in [-0.2, -0.15) is 0 Å². The zero-order valence-electron chi connectivity index (χ0n) is 15.2. The maximum atomic E-state index is 12.5. The van der Waals surface area contributed by atoms with Gasteiger partial charge in [-0.3, -0.25) is 9.69 Å². The van der Waals surface area contributed by atoms with Gasteiger partial charge in [0.15, 0.2) is 11.5 Å². The highest BCUT2D eigenvalue weighted by atomic mass is 35.5. The summed E-state index contributed by atoms with van der Waals surface area (Å²) in [6.45, 7) is 4.12. The Balaban J connectivity index is 1.31. The second-order valence-corrected chi connectivity index (χ2v) is 7.57. The Morgan fingerprint density at radius 3 is 2.46 bits per heavy atom. The number of ether oxygens (including phenoxy) is 2. The first-order valence-corrected chi connectivity index (χ1v) is 9.87. The Morgan fingerprint density at radius 1 is 1.00 bits per heavy atom. The van der Waals surface area contributed by atoms with Gasteiger partial charge in [0, 0.05) is 54.4 Å². The molecule has 0 atom stereocenters. The van der Waals surface area contributed by atoms with Gasteiger partial charge in [0.2, 0.25) is 12.7 Å². The van der Waals surface area contributed by atoms with Gasteiger partial charge in [0.05, 0.1) is 0 Å². The van der Waals surface area contributed by atoms with Crippen molar-refractivity contribution >= 4 is 35.2 Å². The third kappa shape index (κ3) is 4.27. The Hall–Kier alpha value is -2.21. The summed E-state index contributed by atoms with van der Waals surface area (Å²) >= 11 is 12.3. The highest BCUT2D eigenvalue weighted by molar-refractivity contribution is 6.37. The number of hydrogen-bond acceptors (Lipinski definition) is 4. The highest BCUT2D eigenvalue weighted by Gasteiger charge is 2.21. The summed E-state index contributed by atoms with van der Waals surface area (Å²) < 4.78 is 10.8. The molecule has 0 radical (unpaired) electrons. The molecule has 146 valence electrons. The highest BCUT2D eigenvalue weighted by Crippen LogP contribution is 2.33. The van der Waals surface area contributed by atoms with E-state index in [9.17, 15) is 4.79 Å². The summed E-state index contributed by atoms with van der Waals surface area (Å²) in [6, 6.07) is 11.3. The van der Waals surface area contributed by atoms with E-state index in [0.717, 1.165) is 31.1 Å². The third-order valence-corrected chi connectivity index (χ3v) is 5.58. The van der Waals surface area contributed by atoms with Gasteiger partial charge in [-0.15, -0.1) is 0 Å². The van der Waals surface area contributed by atoms with Crippen LogP contribution in [-0.4, -0.2) is 48.7 Å². The van der Waals surface area contributed by atoms with Crippen LogP contribution in [0.5, 0.6) is 11.5 Å². The molecule has 4 rings (SSSR count). The fourth-order valence-electron chi connectivity index (χ4n) is 3.35. The number of rotatable bonds is 4. The Kier molecular flexibility index (Phi) is 5.76. The van der Waals surface area contributed by atoms with Crippen LogP contribution in [-0.2, 0) is 11.3 Å². The van der Waals surface area contributed by atoms with Gasteiger partial charge in [0.1, 0.15) is 0 Å². The van der Waals surface area contributed by atoms with Crippen LogP contribution >= 0.6 is 23.2 Å². The van der Waals surface area contributed by atoms with E-state index in [1.807, 2.05) is 17.0 Å². The number of halogens is 2. The molecule has 2 aliphatic heterocycles. The van der Waals surface area contributed by atoms with E-state index >= 15 is 0 Å². The number of benzene rings is 2. The number of carbonyl (C=O) groups excluding carboxylic acids is 1. The minimum Gasteiger partial charge on any atom is -0.454 e. The minimum atomic E-state index is -0.0290. The molecule has 1 saturated heterocycles. The molecule has 0 aliphatic carbocycles. The fraction of sp³-hybridized carbons (Fsp3) is 0.286. The summed E-state index contributed by atoms with van der Waals surface area (Å²) in [5, 5.41) is 1.06. The van der Waals surface area contributed by atoms with Crippen molar-refractivity contribution < 1.29 is 14.3 Å². The van der Waals surface area contributed by atoms with Crippen LogP contribution in [0.2, 0.25) is 10.0 Å². The monoisotopic (exact) mass is 418 g/mol. The summed E-state index contributed by atoms with van der Waals surface area (Å²) in [5.41, 5.74) is 1.85. The van der Waals surface area contributed by atoms with E-state index in [-0.39, 0.29) is 12.7 Å². The van der Waals surface area contributed by atoms with Gasteiger partial charge < -0.3 is 14.4 Å².